The maximum atomic E-state index is 6.09. The smallest absolute Gasteiger partial charge is 0.0417 e. The molecule has 2 N–H and O–H groups in total. The van der Waals surface area contributed by atoms with Gasteiger partial charge in [-0.05, 0) is 50.2 Å². The van der Waals surface area contributed by atoms with Crippen molar-refractivity contribution in [2.75, 3.05) is 11.4 Å². The van der Waals surface area contributed by atoms with Crippen LogP contribution in [0.15, 0.2) is 24.3 Å². The molecule has 2 heteroatoms. The van der Waals surface area contributed by atoms with Gasteiger partial charge in [0.25, 0.3) is 0 Å². The highest BCUT2D eigenvalue weighted by Gasteiger charge is 2.34. The first-order chi connectivity index (χ1) is 8.25. The molecule has 0 aromatic heterocycles. The standard InChI is InChI=1S/C15H22N2/c1-11(16)14-4-2-3-5-15(14)17(13-8-9-13)10-12-6-7-12/h2-5,11-13H,6-10,16H2,1H3. The van der Waals surface area contributed by atoms with E-state index in [0.29, 0.717) is 0 Å². The zero-order valence-electron chi connectivity index (χ0n) is 10.6. The molecule has 3 rings (SSSR count). The summed E-state index contributed by atoms with van der Waals surface area (Å²) in [5.74, 6) is 0.941. The zero-order chi connectivity index (χ0) is 11.8. The highest BCUT2D eigenvalue weighted by molar-refractivity contribution is 5.56. The van der Waals surface area contributed by atoms with Gasteiger partial charge in [-0.3, -0.25) is 0 Å². The van der Waals surface area contributed by atoms with Crippen molar-refractivity contribution in [2.24, 2.45) is 11.7 Å². The van der Waals surface area contributed by atoms with Gasteiger partial charge in [-0.2, -0.15) is 0 Å². The van der Waals surface area contributed by atoms with Crippen LogP contribution in [0.25, 0.3) is 0 Å². The molecule has 0 aliphatic heterocycles. The van der Waals surface area contributed by atoms with Crippen LogP contribution in [0, 0.1) is 5.92 Å². The van der Waals surface area contributed by atoms with Crippen LogP contribution in [-0.4, -0.2) is 12.6 Å². The van der Waals surface area contributed by atoms with Crippen LogP contribution in [0.5, 0.6) is 0 Å². The lowest BCUT2D eigenvalue weighted by Gasteiger charge is -2.28. The minimum absolute atomic E-state index is 0.131. The number of para-hydroxylation sites is 1. The second-order valence-electron chi connectivity index (χ2n) is 5.67. The lowest BCUT2D eigenvalue weighted by Crippen LogP contribution is -2.29. The molecular weight excluding hydrogens is 208 g/mol. The second kappa shape index (κ2) is 4.34. The zero-order valence-corrected chi connectivity index (χ0v) is 10.6. The first-order valence-corrected chi connectivity index (χ1v) is 6.87. The van der Waals surface area contributed by atoms with Crippen LogP contribution < -0.4 is 10.6 Å². The van der Waals surface area contributed by atoms with Crippen molar-refractivity contribution in [2.45, 2.75) is 44.7 Å². The van der Waals surface area contributed by atoms with Crippen LogP contribution in [-0.2, 0) is 0 Å². The Morgan fingerprint density at radius 2 is 1.94 bits per heavy atom. The van der Waals surface area contributed by atoms with E-state index in [4.69, 9.17) is 5.73 Å². The second-order valence-corrected chi connectivity index (χ2v) is 5.67. The summed E-state index contributed by atoms with van der Waals surface area (Å²) in [5.41, 5.74) is 8.78. The maximum Gasteiger partial charge on any atom is 0.0417 e. The van der Waals surface area contributed by atoms with Gasteiger partial charge >= 0.3 is 0 Å². The average molecular weight is 230 g/mol. The van der Waals surface area contributed by atoms with Crippen molar-refractivity contribution >= 4 is 5.69 Å². The third kappa shape index (κ3) is 2.47. The Kier molecular flexibility index (Phi) is 2.83. The number of nitrogens with zero attached hydrogens (tertiary/aromatic N) is 1. The maximum absolute atomic E-state index is 6.09. The number of hydrogen-bond acceptors (Lipinski definition) is 2. The SMILES string of the molecule is CC(N)c1ccccc1N(CC1CC1)C1CC1. The van der Waals surface area contributed by atoms with Crippen molar-refractivity contribution in [3.8, 4) is 0 Å². The summed E-state index contributed by atoms with van der Waals surface area (Å²) in [6.07, 6.45) is 5.56. The Morgan fingerprint density at radius 3 is 2.53 bits per heavy atom. The van der Waals surface area contributed by atoms with Gasteiger partial charge in [-0.15, -0.1) is 0 Å². The van der Waals surface area contributed by atoms with Crippen LogP contribution in [0.1, 0.15) is 44.2 Å². The molecular formula is C15H22N2. The van der Waals surface area contributed by atoms with Gasteiger partial charge in [0, 0.05) is 24.3 Å². The molecule has 1 aromatic carbocycles. The highest BCUT2D eigenvalue weighted by atomic mass is 15.2. The number of hydrogen-bond donors (Lipinski definition) is 1. The molecule has 0 spiro atoms. The predicted octanol–water partition coefficient (Wildman–Crippen LogP) is 3.09. The van der Waals surface area contributed by atoms with E-state index in [-0.39, 0.29) is 6.04 Å². The Labute approximate surface area is 104 Å². The fraction of sp³-hybridized carbons (Fsp3) is 0.600. The van der Waals surface area contributed by atoms with Gasteiger partial charge in [-0.1, -0.05) is 18.2 Å². The Hall–Kier alpha value is -1.02. The Balaban J connectivity index is 1.87. The van der Waals surface area contributed by atoms with Gasteiger partial charge in [0.2, 0.25) is 0 Å². The molecule has 1 atom stereocenters. The molecule has 2 saturated carbocycles. The lowest BCUT2D eigenvalue weighted by atomic mass is 10.1. The fourth-order valence-electron chi connectivity index (χ4n) is 2.54. The molecule has 0 saturated heterocycles. The largest absolute Gasteiger partial charge is 0.368 e. The Morgan fingerprint density at radius 1 is 1.24 bits per heavy atom. The monoisotopic (exact) mass is 230 g/mol. The minimum atomic E-state index is 0.131. The number of nitrogens with two attached hydrogens (primary N) is 1. The summed E-state index contributed by atoms with van der Waals surface area (Å²) in [6.45, 7) is 3.33. The summed E-state index contributed by atoms with van der Waals surface area (Å²) < 4.78 is 0. The van der Waals surface area contributed by atoms with Crippen LogP contribution in [0.2, 0.25) is 0 Å². The number of anilines is 1. The summed E-state index contributed by atoms with van der Waals surface area (Å²) in [4.78, 5) is 2.62. The van der Waals surface area contributed by atoms with Crippen LogP contribution >= 0.6 is 0 Å². The topological polar surface area (TPSA) is 29.3 Å². The van der Waals surface area contributed by atoms with E-state index >= 15 is 0 Å². The summed E-state index contributed by atoms with van der Waals surface area (Å²) in [6, 6.07) is 9.59. The van der Waals surface area contributed by atoms with Gasteiger partial charge in [-0.25, -0.2) is 0 Å². The van der Waals surface area contributed by atoms with Gasteiger partial charge in [0.05, 0.1) is 0 Å². The molecule has 0 heterocycles. The molecule has 2 aliphatic rings. The molecule has 1 aromatic rings. The molecule has 2 nitrogen and oxygen atoms in total. The van der Waals surface area contributed by atoms with Crippen molar-refractivity contribution < 1.29 is 0 Å². The van der Waals surface area contributed by atoms with Crippen LogP contribution in [0.3, 0.4) is 0 Å². The van der Waals surface area contributed by atoms with Gasteiger partial charge < -0.3 is 10.6 Å². The Bertz CT molecular complexity index is 392. The first-order valence-electron chi connectivity index (χ1n) is 6.87. The molecule has 2 fully saturated rings. The van der Waals surface area contributed by atoms with Gasteiger partial charge in [0.1, 0.15) is 0 Å². The number of rotatable bonds is 5. The molecule has 17 heavy (non-hydrogen) atoms. The quantitative estimate of drug-likeness (QED) is 0.842. The van der Waals surface area contributed by atoms with Crippen molar-refractivity contribution in [3.63, 3.8) is 0 Å². The number of benzene rings is 1. The molecule has 0 bridgehead atoms. The minimum Gasteiger partial charge on any atom is -0.368 e. The van der Waals surface area contributed by atoms with E-state index in [9.17, 15) is 0 Å². The molecule has 0 radical (unpaired) electrons. The fourth-order valence-corrected chi connectivity index (χ4v) is 2.54. The molecule has 0 amide bonds. The molecule has 92 valence electrons. The van der Waals surface area contributed by atoms with E-state index in [1.807, 2.05) is 0 Å². The van der Waals surface area contributed by atoms with E-state index in [0.717, 1.165) is 12.0 Å². The molecule has 2 aliphatic carbocycles. The predicted molar refractivity (Wildman–Crippen MR) is 72.1 cm³/mol. The summed E-state index contributed by atoms with van der Waals surface area (Å²) >= 11 is 0. The van der Waals surface area contributed by atoms with Gasteiger partial charge in [0.15, 0.2) is 0 Å². The molecule has 1 unspecified atom stereocenters. The summed E-state index contributed by atoms with van der Waals surface area (Å²) in [7, 11) is 0. The van der Waals surface area contributed by atoms with E-state index in [1.165, 1.54) is 43.5 Å². The van der Waals surface area contributed by atoms with E-state index < -0.39 is 0 Å². The third-order valence-electron chi connectivity index (χ3n) is 3.88. The summed E-state index contributed by atoms with van der Waals surface area (Å²) in [5, 5.41) is 0. The average Bonchev–Trinajstić information content (AvgIpc) is 3.17. The lowest BCUT2D eigenvalue weighted by molar-refractivity contribution is 0.705. The first kappa shape index (κ1) is 11.1. The van der Waals surface area contributed by atoms with Crippen molar-refractivity contribution in [1.29, 1.82) is 0 Å². The van der Waals surface area contributed by atoms with Crippen molar-refractivity contribution in [1.82, 2.24) is 0 Å². The van der Waals surface area contributed by atoms with Crippen LogP contribution in [0.4, 0.5) is 5.69 Å². The highest BCUT2D eigenvalue weighted by Crippen LogP contribution is 2.39. The van der Waals surface area contributed by atoms with Crippen molar-refractivity contribution in [3.05, 3.63) is 29.8 Å². The van der Waals surface area contributed by atoms with E-state index in [1.54, 1.807) is 0 Å². The third-order valence-corrected chi connectivity index (χ3v) is 3.88. The normalized spacial score (nSPS) is 21.3. The van der Waals surface area contributed by atoms with E-state index in [2.05, 4.69) is 36.1 Å².